The Morgan fingerprint density at radius 2 is 1.84 bits per heavy atom. The van der Waals surface area contributed by atoms with Gasteiger partial charge in [-0.1, -0.05) is 0 Å². The first kappa shape index (κ1) is 15.0. The highest BCUT2D eigenvalue weighted by Crippen LogP contribution is 2.26. The van der Waals surface area contributed by atoms with Gasteiger partial charge >= 0.3 is 5.97 Å². The minimum atomic E-state index is -0.984. The first-order chi connectivity index (χ1) is 12.0. The number of benzene rings is 1. The van der Waals surface area contributed by atoms with E-state index in [1.165, 1.54) is 12.1 Å². The summed E-state index contributed by atoms with van der Waals surface area (Å²) in [6.07, 6.45) is 1.68. The predicted molar refractivity (Wildman–Crippen MR) is 88.1 cm³/mol. The number of hydrogen-bond donors (Lipinski definition) is 1. The van der Waals surface area contributed by atoms with E-state index >= 15 is 0 Å². The third-order valence-corrected chi connectivity index (χ3v) is 3.88. The van der Waals surface area contributed by atoms with Crippen LogP contribution in [0, 0.1) is 13.8 Å². The summed E-state index contributed by atoms with van der Waals surface area (Å²) in [5, 5.41) is 21.5. The number of nitrogens with zero attached hydrogens (tertiary/aromatic N) is 5. The maximum atomic E-state index is 10.9. The summed E-state index contributed by atoms with van der Waals surface area (Å²) in [6.45, 7) is 3.81. The number of carbonyl (C=O) groups is 1. The highest BCUT2D eigenvalue weighted by Gasteiger charge is 2.16. The molecule has 0 aliphatic heterocycles. The van der Waals surface area contributed by atoms with Crippen molar-refractivity contribution in [2.45, 2.75) is 13.8 Å². The molecule has 0 atom stereocenters. The minimum absolute atomic E-state index is 0.197. The van der Waals surface area contributed by atoms with Crippen LogP contribution in [0.25, 0.3) is 28.6 Å². The maximum Gasteiger partial charge on any atom is 0.335 e. The molecule has 0 unspecified atom stereocenters. The number of carboxylic acids is 1. The number of fused-ring (bicyclic) bond motifs is 1. The van der Waals surface area contributed by atoms with Crippen molar-refractivity contribution in [1.29, 1.82) is 0 Å². The van der Waals surface area contributed by atoms with Crippen LogP contribution < -0.4 is 0 Å². The molecular formula is C17H13N5O3. The molecule has 0 aliphatic carbocycles. The number of hydrogen-bond acceptors (Lipinski definition) is 6. The lowest BCUT2D eigenvalue weighted by Crippen LogP contribution is -1.98. The van der Waals surface area contributed by atoms with Crippen molar-refractivity contribution in [3.8, 4) is 22.9 Å². The van der Waals surface area contributed by atoms with Gasteiger partial charge in [-0.2, -0.15) is 5.10 Å². The Balaban J connectivity index is 1.74. The fourth-order valence-corrected chi connectivity index (χ4v) is 2.58. The second kappa shape index (κ2) is 5.52. The van der Waals surface area contributed by atoms with Gasteiger partial charge in [0.25, 0.3) is 5.89 Å². The van der Waals surface area contributed by atoms with E-state index in [-0.39, 0.29) is 5.56 Å². The molecule has 0 fully saturated rings. The van der Waals surface area contributed by atoms with Crippen LogP contribution in [0.5, 0.6) is 0 Å². The summed E-state index contributed by atoms with van der Waals surface area (Å²) in [6, 6.07) is 8.14. The lowest BCUT2D eigenvalue weighted by atomic mass is 10.1. The van der Waals surface area contributed by atoms with Crippen LogP contribution in [0.4, 0.5) is 0 Å². The molecule has 0 aliphatic rings. The van der Waals surface area contributed by atoms with Gasteiger partial charge in [0.2, 0.25) is 5.89 Å². The molecule has 0 saturated heterocycles. The summed E-state index contributed by atoms with van der Waals surface area (Å²) in [5.74, 6) is -0.345. The number of aromatic nitrogens is 5. The molecule has 0 bridgehead atoms. The number of aryl methyl sites for hydroxylation is 2. The van der Waals surface area contributed by atoms with Crippen molar-refractivity contribution in [1.82, 2.24) is 24.8 Å². The van der Waals surface area contributed by atoms with Gasteiger partial charge < -0.3 is 9.52 Å². The summed E-state index contributed by atoms with van der Waals surface area (Å²) in [7, 11) is 0. The zero-order valence-corrected chi connectivity index (χ0v) is 13.5. The zero-order valence-electron chi connectivity index (χ0n) is 13.5. The molecule has 4 rings (SSSR count). The van der Waals surface area contributed by atoms with Gasteiger partial charge in [-0.25, -0.2) is 14.3 Å². The first-order valence-corrected chi connectivity index (χ1v) is 7.52. The molecule has 4 aromatic rings. The largest absolute Gasteiger partial charge is 0.478 e. The van der Waals surface area contributed by atoms with E-state index < -0.39 is 5.97 Å². The zero-order chi connectivity index (χ0) is 17.6. The summed E-state index contributed by atoms with van der Waals surface area (Å²) >= 11 is 0. The molecule has 3 heterocycles. The van der Waals surface area contributed by atoms with Gasteiger partial charge in [-0.05, 0) is 38.1 Å². The van der Waals surface area contributed by atoms with Gasteiger partial charge in [0.15, 0.2) is 5.65 Å². The Kier molecular flexibility index (Phi) is 3.31. The molecule has 0 spiro atoms. The Bertz CT molecular complexity index is 1100. The molecular weight excluding hydrogens is 322 g/mol. The molecule has 0 saturated carbocycles. The van der Waals surface area contributed by atoms with Gasteiger partial charge in [-0.3, -0.25) is 0 Å². The highest BCUT2D eigenvalue weighted by molar-refractivity contribution is 5.88. The van der Waals surface area contributed by atoms with E-state index in [0.29, 0.717) is 22.9 Å². The fraction of sp³-hybridized carbons (Fsp3) is 0.118. The number of carboxylic acid groups (broad SMARTS) is 1. The average molecular weight is 335 g/mol. The highest BCUT2D eigenvalue weighted by atomic mass is 16.4. The normalized spacial score (nSPS) is 11.1. The molecule has 1 aromatic carbocycles. The second-order valence-corrected chi connectivity index (χ2v) is 5.61. The van der Waals surface area contributed by atoms with Crippen molar-refractivity contribution < 1.29 is 14.3 Å². The van der Waals surface area contributed by atoms with E-state index in [4.69, 9.17) is 9.52 Å². The van der Waals surface area contributed by atoms with E-state index in [9.17, 15) is 4.79 Å². The molecule has 1 N–H and O–H groups in total. The Morgan fingerprint density at radius 3 is 2.56 bits per heavy atom. The van der Waals surface area contributed by atoms with Crippen LogP contribution in [0.3, 0.4) is 0 Å². The van der Waals surface area contributed by atoms with E-state index in [0.717, 1.165) is 17.0 Å². The van der Waals surface area contributed by atoms with Gasteiger partial charge in [0.1, 0.15) is 0 Å². The summed E-state index contributed by atoms with van der Waals surface area (Å²) in [5.41, 5.74) is 4.00. The number of aromatic carboxylic acids is 1. The Morgan fingerprint density at radius 1 is 1.12 bits per heavy atom. The first-order valence-electron chi connectivity index (χ1n) is 7.52. The molecule has 8 nitrogen and oxygen atoms in total. The van der Waals surface area contributed by atoms with Crippen LogP contribution in [0.15, 0.2) is 40.9 Å². The van der Waals surface area contributed by atoms with E-state index in [2.05, 4.69) is 20.3 Å². The van der Waals surface area contributed by atoms with Crippen LogP contribution >= 0.6 is 0 Å². The van der Waals surface area contributed by atoms with Gasteiger partial charge in [0, 0.05) is 17.8 Å². The molecule has 25 heavy (non-hydrogen) atoms. The Hall–Kier alpha value is -3.55. The van der Waals surface area contributed by atoms with Gasteiger partial charge in [0.05, 0.1) is 22.5 Å². The third kappa shape index (κ3) is 2.53. The molecule has 0 amide bonds. The third-order valence-electron chi connectivity index (χ3n) is 3.88. The van der Waals surface area contributed by atoms with Crippen molar-refractivity contribution >= 4 is 11.6 Å². The monoisotopic (exact) mass is 335 g/mol. The van der Waals surface area contributed by atoms with Crippen molar-refractivity contribution in [2.75, 3.05) is 0 Å². The lowest BCUT2D eigenvalue weighted by molar-refractivity contribution is 0.0697. The predicted octanol–water partition coefficient (Wildman–Crippen LogP) is 2.76. The van der Waals surface area contributed by atoms with Crippen molar-refractivity contribution in [3.63, 3.8) is 0 Å². The summed E-state index contributed by atoms with van der Waals surface area (Å²) < 4.78 is 7.47. The fourth-order valence-electron chi connectivity index (χ4n) is 2.58. The molecule has 124 valence electrons. The topological polar surface area (TPSA) is 106 Å². The molecule has 0 radical (unpaired) electrons. The molecule has 3 aromatic heterocycles. The lowest BCUT2D eigenvalue weighted by Gasteiger charge is -2.03. The maximum absolute atomic E-state index is 10.9. The van der Waals surface area contributed by atoms with Gasteiger partial charge in [-0.15, -0.1) is 10.2 Å². The minimum Gasteiger partial charge on any atom is -0.478 e. The quantitative estimate of drug-likeness (QED) is 0.613. The van der Waals surface area contributed by atoms with Crippen molar-refractivity contribution in [3.05, 3.63) is 53.5 Å². The van der Waals surface area contributed by atoms with Crippen LogP contribution in [0.1, 0.15) is 21.7 Å². The Labute approximate surface area is 141 Å². The van der Waals surface area contributed by atoms with Crippen molar-refractivity contribution in [2.24, 2.45) is 0 Å². The standard InChI is InChI=1S/C17H13N5O3/c1-9-7-14-18-8-13(10(2)22(14)21-9)16-20-19-15(25-16)11-3-5-12(6-4-11)17(23)24/h3-8H,1-2H3,(H,23,24). The average Bonchev–Trinajstić information content (AvgIpc) is 3.22. The second-order valence-electron chi connectivity index (χ2n) is 5.61. The molecule has 8 heteroatoms. The van der Waals surface area contributed by atoms with Crippen LogP contribution in [-0.2, 0) is 0 Å². The summed E-state index contributed by atoms with van der Waals surface area (Å²) in [4.78, 5) is 15.3. The SMILES string of the molecule is Cc1cc2ncc(-c3nnc(-c4ccc(C(=O)O)cc4)o3)c(C)n2n1. The van der Waals surface area contributed by atoms with E-state index in [1.54, 1.807) is 22.8 Å². The van der Waals surface area contributed by atoms with Crippen LogP contribution in [0.2, 0.25) is 0 Å². The smallest absolute Gasteiger partial charge is 0.335 e. The van der Waals surface area contributed by atoms with E-state index in [1.807, 2.05) is 19.9 Å². The number of rotatable bonds is 3. The van der Waals surface area contributed by atoms with Crippen LogP contribution in [-0.4, -0.2) is 35.9 Å².